The summed E-state index contributed by atoms with van der Waals surface area (Å²) in [4.78, 5) is 17.3. The van der Waals surface area contributed by atoms with Gasteiger partial charge >= 0.3 is 0 Å². The molecule has 0 radical (unpaired) electrons. The van der Waals surface area contributed by atoms with Gasteiger partial charge in [0.1, 0.15) is 11.5 Å². The maximum atomic E-state index is 12.8. The van der Waals surface area contributed by atoms with Gasteiger partial charge in [-0.25, -0.2) is 4.99 Å². The van der Waals surface area contributed by atoms with E-state index < -0.39 is 0 Å². The van der Waals surface area contributed by atoms with Crippen molar-refractivity contribution in [3.63, 3.8) is 0 Å². The lowest BCUT2D eigenvalue weighted by atomic mass is 10.2. The predicted molar refractivity (Wildman–Crippen MR) is 113 cm³/mol. The molecule has 0 saturated carbocycles. The van der Waals surface area contributed by atoms with Gasteiger partial charge in [0, 0.05) is 17.2 Å². The number of guanidine groups is 1. The molecule has 1 heterocycles. The predicted octanol–water partition coefficient (Wildman–Crippen LogP) is 3.73. The van der Waals surface area contributed by atoms with Gasteiger partial charge in [-0.05, 0) is 49.2 Å². The fraction of sp³-hybridized carbons (Fsp3) is 0.333. The molecule has 1 aliphatic rings. The van der Waals surface area contributed by atoms with Gasteiger partial charge in [-0.3, -0.25) is 10.1 Å². The summed E-state index contributed by atoms with van der Waals surface area (Å²) in [6.45, 7) is 1.17. The van der Waals surface area contributed by atoms with Crippen LogP contribution in [0.5, 0.6) is 11.5 Å². The van der Waals surface area contributed by atoms with Gasteiger partial charge in [0.25, 0.3) is 5.91 Å². The van der Waals surface area contributed by atoms with Crippen LogP contribution < -0.4 is 20.1 Å². The van der Waals surface area contributed by atoms with Crippen molar-refractivity contribution in [1.29, 1.82) is 0 Å². The molecule has 2 aromatic carbocycles. The molecule has 3 rings (SSSR count). The number of carbonyl (C=O) groups excluding carboxylic acids is 1. The van der Waals surface area contributed by atoms with Crippen LogP contribution in [0.15, 0.2) is 47.5 Å². The second kappa shape index (κ2) is 10.1. The molecule has 0 bridgehead atoms. The van der Waals surface area contributed by atoms with Crippen molar-refractivity contribution in [2.75, 3.05) is 32.7 Å². The Labute approximate surface area is 175 Å². The Bertz CT molecular complexity index is 882. The molecule has 0 aliphatic carbocycles. The number of ether oxygens (including phenoxy) is 3. The average Bonchev–Trinajstić information content (AvgIpc) is 3.26. The molecule has 1 aliphatic heterocycles. The first-order valence-corrected chi connectivity index (χ1v) is 9.69. The zero-order valence-electron chi connectivity index (χ0n) is 16.4. The van der Waals surface area contributed by atoms with Crippen LogP contribution in [0.25, 0.3) is 0 Å². The van der Waals surface area contributed by atoms with Crippen LogP contribution in [-0.2, 0) is 4.74 Å². The average molecular weight is 418 g/mol. The van der Waals surface area contributed by atoms with Gasteiger partial charge in [-0.1, -0.05) is 17.7 Å². The minimum absolute atomic E-state index is 0.0433. The Kier molecular flexibility index (Phi) is 7.32. The fourth-order valence-corrected chi connectivity index (χ4v) is 3.11. The quantitative estimate of drug-likeness (QED) is 0.552. The maximum Gasteiger partial charge on any atom is 0.258 e. The molecule has 29 heavy (non-hydrogen) atoms. The number of benzene rings is 2. The van der Waals surface area contributed by atoms with Crippen LogP contribution in [-0.4, -0.2) is 45.3 Å². The van der Waals surface area contributed by atoms with Crippen LogP contribution in [0.1, 0.15) is 23.2 Å². The Morgan fingerprint density at radius 1 is 1.24 bits per heavy atom. The zero-order valence-corrected chi connectivity index (χ0v) is 17.2. The fourth-order valence-electron chi connectivity index (χ4n) is 2.94. The van der Waals surface area contributed by atoms with Crippen molar-refractivity contribution < 1.29 is 19.0 Å². The van der Waals surface area contributed by atoms with Crippen LogP contribution in [0.2, 0.25) is 5.02 Å². The normalized spacial score (nSPS) is 16.4. The highest BCUT2D eigenvalue weighted by Gasteiger charge is 2.17. The second-order valence-corrected chi connectivity index (χ2v) is 6.92. The first-order valence-electron chi connectivity index (χ1n) is 9.31. The summed E-state index contributed by atoms with van der Waals surface area (Å²) >= 11 is 6.12. The molecule has 2 aromatic rings. The topological polar surface area (TPSA) is 81.2 Å². The lowest BCUT2D eigenvalue weighted by molar-refractivity contribution is 0.0975. The summed E-state index contributed by atoms with van der Waals surface area (Å²) in [7, 11) is 3.12. The molecule has 1 atom stereocenters. The standard InChI is InChI=1S/C21H24ClN3O4/c1-27-16-6-3-5-14(11-16)20(26)25-21(23-13-17-7-4-10-29-17)24-18-12-15(22)8-9-19(18)28-2/h3,5-6,8-9,11-12,17H,4,7,10,13H2,1-2H3,(H2,23,24,25,26)/t17-/m0/s1. The SMILES string of the molecule is COc1cccc(C(=O)NC(=NC[C@@H]2CCCO2)Nc2cc(Cl)ccc2OC)c1. The van der Waals surface area contributed by atoms with Gasteiger partial charge in [-0.2, -0.15) is 0 Å². The minimum atomic E-state index is -0.316. The van der Waals surface area contributed by atoms with Crippen LogP contribution in [0, 0.1) is 0 Å². The van der Waals surface area contributed by atoms with Crippen LogP contribution >= 0.6 is 11.6 Å². The first kappa shape index (κ1) is 21.0. The molecule has 1 fully saturated rings. The zero-order chi connectivity index (χ0) is 20.6. The molecule has 0 spiro atoms. The molecule has 8 heteroatoms. The summed E-state index contributed by atoms with van der Waals surface area (Å²) in [5.41, 5.74) is 1.05. The number of carbonyl (C=O) groups is 1. The molecular weight excluding hydrogens is 394 g/mol. The van der Waals surface area contributed by atoms with E-state index in [9.17, 15) is 4.79 Å². The van der Waals surface area contributed by atoms with E-state index in [-0.39, 0.29) is 18.0 Å². The van der Waals surface area contributed by atoms with E-state index in [2.05, 4.69) is 15.6 Å². The number of nitrogens with one attached hydrogen (secondary N) is 2. The Morgan fingerprint density at radius 3 is 2.83 bits per heavy atom. The van der Waals surface area contributed by atoms with Gasteiger partial charge in [0.2, 0.25) is 5.96 Å². The summed E-state index contributed by atoms with van der Waals surface area (Å²) in [5.74, 6) is 1.15. The monoisotopic (exact) mass is 417 g/mol. The van der Waals surface area contributed by atoms with Gasteiger partial charge < -0.3 is 19.5 Å². The molecular formula is C21H24ClN3O4. The third-order valence-electron chi connectivity index (χ3n) is 4.46. The Hall–Kier alpha value is -2.77. The molecule has 1 amide bonds. The number of hydrogen-bond donors (Lipinski definition) is 2. The Balaban J connectivity index is 1.81. The molecule has 2 N–H and O–H groups in total. The number of methoxy groups -OCH3 is 2. The number of anilines is 1. The van der Waals surface area contributed by atoms with E-state index in [0.29, 0.717) is 34.3 Å². The first-order chi connectivity index (χ1) is 14.1. The van der Waals surface area contributed by atoms with Crippen molar-refractivity contribution in [2.45, 2.75) is 18.9 Å². The minimum Gasteiger partial charge on any atom is -0.497 e. The van der Waals surface area contributed by atoms with Gasteiger partial charge in [0.15, 0.2) is 0 Å². The number of rotatable bonds is 6. The summed E-state index contributed by atoms with van der Waals surface area (Å²) in [5, 5.41) is 6.47. The van der Waals surface area contributed by atoms with Crippen LogP contribution in [0.4, 0.5) is 5.69 Å². The number of hydrogen-bond acceptors (Lipinski definition) is 5. The number of nitrogens with zero attached hydrogens (tertiary/aromatic N) is 1. The summed E-state index contributed by atoms with van der Waals surface area (Å²) < 4.78 is 16.2. The van der Waals surface area contributed by atoms with Crippen molar-refractivity contribution >= 4 is 29.2 Å². The molecule has 0 aromatic heterocycles. The van der Waals surface area contributed by atoms with E-state index >= 15 is 0 Å². The third-order valence-corrected chi connectivity index (χ3v) is 4.69. The van der Waals surface area contributed by atoms with E-state index in [0.717, 1.165) is 19.4 Å². The third kappa shape index (κ3) is 5.85. The van der Waals surface area contributed by atoms with Crippen molar-refractivity contribution in [3.8, 4) is 11.5 Å². The van der Waals surface area contributed by atoms with E-state index in [1.54, 1.807) is 56.7 Å². The highest BCUT2D eigenvalue weighted by molar-refractivity contribution is 6.31. The van der Waals surface area contributed by atoms with Crippen molar-refractivity contribution in [1.82, 2.24) is 5.32 Å². The van der Waals surface area contributed by atoms with Crippen molar-refractivity contribution in [2.24, 2.45) is 4.99 Å². The molecule has 7 nitrogen and oxygen atoms in total. The van der Waals surface area contributed by atoms with E-state index in [1.807, 2.05) is 0 Å². The maximum absolute atomic E-state index is 12.8. The van der Waals surface area contributed by atoms with E-state index in [4.69, 9.17) is 25.8 Å². The van der Waals surface area contributed by atoms with Gasteiger partial charge in [-0.15, -0.1) is 0 Å². The highest BCUT2D eigenvalue weighted by atomic mass is 35.5. The van der Waals surface area contributed by atoms with Crippen molar-refractivity contribution in [3.05, 3.63) is 53.1 Å². The Morgan fingerprint density at radius 2 is 2.10 bits per heavy atom. The lowest BCUT2D eigenvalue weighted by Crippen LogP contribution is -2.36. The second-order valence-electron chi connectivity index (χ2n) is 6.48. The smallest absolute Gasteiger partial charge is 0.258 e. The lowest BCUT2D eigenvalue weighted by Gasteiger charge is -2.16. The number of amides is 1. The highest BCUT2D eigenvalue weighted by Crippen LogP contribution is 2.27. The van der Waals surface area contributed by atoms with Crippen LogP contribution in [0.3, 0.4) is 0 Å². The molecule has 1 saturated heterocycles. The molecule has 0 unspecified atom stereocenters. The number of aliphatic imine (C=N–C) groups is 1. The number of halogens is 1. The van der Waals surface area contributed by atoms with Gasteiger partial charge in [0.05, 0.1) is 32.6 Å². The summed E-state index contributed by atoms with van der Waals surface area (Å²) in [6.07, 6.45) is 2.00. The largest absolute Gasteiger partial charge is 0.497 e. The molecule has 154 valence electrons. The van der Waals surface area contributed by atoms with E-state index in [1.165, 1.54) is 0 Å². The summed E-state index contributed by atoms with van der Waals surface area (Å²) in [6, 6.07) is 12.1.